The number of benzene rings is 1. The molecule has 0 saturated heterocycles. The van der Waals surface area contributed by atoms with E-state index in [9.17, 15) is 9.50 Å². The molecule has 4 heteroatoms. The van der Waals surface area contributed by atoms with Crippen LogP contribution in [0.2, 0.25) is 0 Å². The zero-order valence-electron chi connectivity index (χ0n) is 8.00. The summed E-state index contributed by atoms with van der Waals surface area (Å²) in [5, 5.41) is 9.20. The number of aromatic nitrogens is 2. The Morgan fingerprint density at radius 2 is 2.14 bits per heavy atom. The van der Waals surface area contributed by atoms with Gasteiger partial charge in [0.1, 0.15) is 11.6 Å². The molecule has 1 aromatic heterocycles. The molecule has 2 N–H and O–H groups in total. The maximum atomic E-state index is 13.5. The molecule has 1 heterocycles. The molecule has 0 aliphatic carbocycles. The second-order valence-electron chi connectivity index (χ2n) is 3.76. The molecule has 0 bridgehead atoms. The molecule has 0 atom stereocenters. The summed E-state index contributed by atoms with van der Waals surface area (Å²) >= 11 is 0. The van der Waals surface area contributed by atoms with Gasteiger partial charge in [-0.1, -0.05) is 0 Å². The summed E-state index contributed by atoms with van der Waals surface area (Å²) < 4.78 is 13.5. The third kappa shape index (κ3) is 1.43. The quantitative estimate of drug-likeness (QED) is 0.732. The van der Waals surface area contributed by atoms with Crippen molar-refractivity contribution >= 4 is 11.0 Å². The van der Waals surface area contributed by atoms with Crippen LogP contribution in [0.4, 0.5) is 4.39 Å². The molecule has 2 aromatic rings. The number of aromatic amines is 1. The van der Waals surface area contributed by atoms with Crippen molar-refractivity contribution in [3.63, 3.8) is 0 Å². The first kappa shape index (κ1) is 8.99. The molecule has 1 aromatic carbocycles. The molecule has 74 valence electrons. The molecule has 0 aliphatic heterocycles. The standard InChI is InChI=1S/C10H11FN2O/c1-10(2,11)9-12-7-4-3-6(14)5-8(7)13-9/h3-5,14H,1-2H3,(H,12,13). The number of nitrogens with zero attached hydrogens (tertiary/aromatic N) is 1. The van der Waals surface area contributed by atoms with E-state index in [1.54, 1.807) is 6.07 Å². The Balaban J connectivity index is 2.63. The number of fused-ring (bicyclic) bond motifs is 1. The van der Waals surface area contributed by atoms with E-state index in [-0.39, 0.29) is 11.6 Å². The van der Waals surface area contributed by atoms with E-state index in [1.807, 2.05) is 0 Å². The van der Waals surface area contributed by atoms with Crippen molar-refractivity contribution < 1.29 is 9.50 Å². The highest BCUT2D eigenvalue weighted by atomic mass is 19.1. The van der Waals surface area contributed by atoms with Crippen molar-refractivity contribution in [3.05, 3.63) is 24.0 Å². The highest BCUT2D eigenvalue weighted by molar-refractivity contribution is 5.76. The lowest BCUT2D eigenvalue weighted by Crippen LogP contribution is -2.10. The highest BCUT2D eigenvalue weighted by Crippen LogP contribution is 2.25. The predicted octanol–water partition coefficient (Wildman–Crippen LogP) is 2.47. The first-order valence-corrected chi connectivity index (χ1v) is 4.35. The Labute approximate surface area is 80.6 Å². The van der Waals surface area contributed by atoms with Crippen LogP contribution in [0.3, 0.4) is 0 Å². The molecule has 0 unspecified atom stereocenters. The minimum atomic E-state index is -1.49. The Morgan fingerprint density at radius 3 is 2.79 bits per heavy atom. The van der Waals surface area contributed by atoms with E-state index in [1.165, 1.54) is 26.0 Å². The summed E-state index contributed by atoms with van der Waals surface area (Å²) in [6, 6.07) is 4.70. The van der Waals surface area contributed by atoms with Crippen molar-refractivity contribution in [1.82, 2.24) is 9.97 Å². The van der Waals surface area contributed by atoms with Crippen LogP contribution in [0.25, 0.3) is 11.0 Å². The molecule has 0 radical (unpaired) electrons. The van der Waals surface area contributed by atoms with Crippen molar-refractivity contribution in [1.29, 1.82) is 0 Å². The van der Waals surface area contributed by atoms with Gasteiger partial charge in [-0.2, -0.15) is 0 Å². The lowest BCUT2D eigenvalue weighted by molar-refractivity contribution is 0.208. The minimum absolute atomic E-state index is 0.143. The number of H-pyrrole nitrogens is 1. The lowest BCUT2D eigenvalue weighted by Gasteiger charge is -2.08. The van der Waals surface area contributed by atoms with E-state index in [0.717, 1.165) is 0 Å². The van der Waals surface area contributed by atoms with E-state index in [0.29, 0.717) is 11.0 Å². The Morgan fingerprint density at radius 1 is 1.43 bits per heavy atom. The number of alkyl halides is 1. The lowest BCUT2D eigenvalue weighted by atomic mass is 10.2. The largest absolute Gasteiger partial charge is 0.508 e. The molecule has 0 saturated carbocycles. The fourth-order valence-electron chi connectivity index (χ4n) is 1.28. The summed E-state index contributed by atoms with van der Waals surface area (Å²) in [6.07, 6.45) is 0. The Hall–Kier alpha value is -1.58. The summed E-state index contributed by atoms with van der Waals surface area (Å²) in [7, 11) is 0. The molecule has 14 heavy (non-hydrogen) atoms. The van der Waals surface area contributed by atoms with Crippen LogP contribution < -0.4 is 0 Å². The van der Waals surface area contributed by atoms with Crippen LogP contribution in [0.5, 0.6) is 5.75 Å². The minimum Gasteiger partial charge on any atom is -0.508 e. The Kier molecular flexibility index (Phi) is 1.74. The van der Waals surface area contributed by atoms with Gasteiger partial charge in [-0.25, -0.2) is 9.37 Å². The number of phenolic OH excluding ortho intramolecular Hbond substituents is 1. The second-order valence-corrected chi connectivity index (χ2v) is 3.76. The molecule has 0 amide bonds. The monoisotopic (exact) mass is 194 g/mol. The third-order valence-electron chi connectivity index (χ3n) is 2.03. The van der Waals surface area contributed by atoms with Crippen LogP contribution in [0.1, 0.15) is 19.7 Å². The number of halogens is 1. The van der Waals surface area contributed by atoms with Crippen molar-refractivity contribution in [2.24, 2.45) is 0 Å². The maximum absolute atomic E-state index is 13.5. The number of nitrogens with one attached hydrogen (secondary N) is 1. The van der Waals surface area contributed by atoms with Crippen molar-refractivity contribution in [2.45, 2.75) is 19.5 Å². The summed E-state index contributed by atoms with van der Waals surface area (Å²) in [5.41, 5.74) is -0.191. The van der Waals surface area contributed by atoms with Crippen molar-refractivity contribution in [2.75, 3.05) is 0 Å². The molecule has 2 rings (SSSR count). The van der Waals surface area contributed by atoms with Crippen LogP contribution in [0.15, 0.2) is 18.2 Å². The van der Waals surface area contributed by atoms with Gasteiger partial charge in [0.15, 0.2) is 5.67 Å². The van der Waals surface area contributed by atoms with Gasteiger partial charge in [-0.15, -0.1) is 0 Å². The van der Waals surface area contributed by atoms with E-state index < -0.39 is 5.67 Å². The van der Waals surface area contributed by atoms with Gasteiger partial charge in [-0.05, 0) is 26.0 Å². The number of hydrogen-bond donors (Lipinski definition) is 2. The van der Waals surface area contributed by atoms with E-state index in [4.69, 9.17) is 0 Å². The topological polar surface area (TPSA) is 48.9 Å². The first-order valence-electron chi connectivity index (χ1n) is 4.35. The van der Waals surface area contributed by atoms with Gasteiger partial charge in [0.05, 0.1) is 11.0 Å². The average molecular weight is 194 g/mol. The van der Waals surface area contributed by atoms with Gasteiger partial charge in [0.2, 0.25) is 0 Å². The molecule has 0 fully saturated rings. The van der Waals surface area contributed by atoms with E-state index in [2.05, 4.69) is 9.97 Å². The van der Waals surface area contributed by atoms with Gasteiger partial charge < -0.3 is 10.1 Å². The molecule has 0 aliphatic rings. The molecule has 3 nitrogen and oxygen atoms in total. The predicted molar refractivity (Wildman–Crippen MR) is 51.9 cm³/mol. The normalized spacial score (nSPS) is 12.2. The van der Waals surface area contributed by atoms with Crippen LogP contribution in [-0.4, -0.2) is 15.1 Å². The number of imidazole rings is 1. The zero-order valence-corrected chi connectivity index (χ0v) is 8.00. The number of hydrogen-bond acceptors (Lipinski definition) is 2. The Bertz CT molecular complexity index is 470. The smallest absolute Gasteiger partial charge is 0.162 e. The molecular weight excluding hydrogens is 183 g/mol. The SMILES string of the molecule is CC(C)(F)c1nc2ccc(O)cc2[nH]1. The van der Waals surface area contributed by atoms with Gasteiger partial charge in [0.25, 0.3) is 0 Å². The van der Waals surface area contributed by atoms with Crippen LogP contribution >= 0.6 is 0 Å². The molecule has 0 spiro atoms. The fourth-order valence-corrected chi connectivity index (χ4v) is 1.28. The van der Waals surface area contributed by atoms with Gasteiger partial charge >= 0.3 is 0 Å². The summed E-state index contributed by atoms with van der Waals surface area (Å²) in [5.74, 6) is 0.419. The second kappa shape index (κ2) is 2.70. The number of phenols is 1. The fraction of sp³-hybridized carbons (Fsp3) is 0.300. The van der Waals surface area contributed by atoms with E-state index >= 15 is 0 Å². The maximum Gasteiger partial charge on any atom is 0.162 e. The van der Waals surface area contributed by atoms with Crippen LogP contribution in [-0.2, 0) is 5.67 Å². The summed E-state index contributed by atoms with van der Waals surface area (Å²) in [4.78, 5) is 6.91. The summed E-state index contributed by atoms with van der Waals surface area (Å²) in [6.45, 7) is 2.87. The highest BCUT2D eigenvalue weighted by Gasteiger charge is 2.22. The van der Waals surface area contributed by atoms with Gasteiger partial charge in [-0.3, -0.25) is 0 Å². The first-order chi connectivity index (χ1) is 6.47. The average Bonchev–Trinajstić information content (AvgIpc) is 2.45. The third-order valence-corrected chi connectivity index (χ3v) is 2.03. The number of aromatic hydroxyl groups is 1. The molecular formula is C10H11FN2O. The van der Waals surface area contributed by atoms with Crippen molar-refractivity contribution in [3.8, 4) is 5.75 Å². The number of rotatable bonds is 1. The van der Waals surface area contributed by atoms with Crippen LogP contribution in [0, 0.1) is 0 Å². The van der Waals surface area contributed by atoms with Gasteiger partial charge in [0, 0.05) is 6.07 Å². The zero-order chi connectivity index (χ0) is 10.3.